The van der Waals surface area contributed by atoms with Gasteiger partial charge in [-0.2, -0.15) is 0 Å². The van der Waals surface area contributed by atoms with Crippen LogP contribution in [0.4, 0.5) is 10.5 Å². The van der Waals surface area contributed by atoms with Crippen molar-refractivity contribution in [3.8, 4) is 0 Å². The number of hydrogen-bond acceptors (Lipinski definition) is 3. The van der Waals surface area contributed by atoms with Gasteiger partial charge in [0.25, 0.3) is 0 Å². The van der Waals surface area contributed by atoms with Crippen LogP contribution in [0.3, 0.4) is 0 Å². The largest absolute Gasteiger partial charge is 0.481 e. The zero-order valence-corrected chi connectivity index (χ0v) is 11.0. The molecule has 0 spiro atoms. The standard InChI is InChI=1S/C14H17NO4/c1-9-3-4-11(7-10(9)2)15-12(8-13(16)17)5-6-19-14(15)18/h3-4,7,12H,5-6,8H2,1-2H3,(H,16,17). The minimum Gasteiger partial charge on any atom is -0.481 e. The van der Waals surface area contributed by atoms with Crippen LogP contribution in [0, 0.1) is 13.8 Å². The second-order valence-corrected chi connectivity index (χ2v) is 4.79. The van der Waals surface area contributed by atoms with Crippen molar-refractivity contribution in [2.75, 3.05) is 11.5 Å². The number of aryl methyl sites for hydroxylation is 2. The summed E-state index contributed by atoms with van der Waals surface area (Å²) < 4.78 is 5.02. The van der Waals surface area contributed by atoms with E-state index in [-0.39, 0.29) is 19.1 Å². The van der Waals surface area contributed by atoms with Crippen molar-refractivity contribution in [2.24, 2.45) is 0 Å². The Labute approximate surface area is 111 Å². The summed E-state index contributed by atoms with van der Waals surface area (Å²) in [6.07, 6.45) is -0.00626. The average molecular weight is 263 g/mol. The van der Waals surface area contributed by atoms with E-state index in [2.05, 4.69) is 0 Å². The summed E-state index contributed by atoms with van der Waals surface area (Å²) in [5, 5.41) is 8.94. The number of rotatable bonds is 3. The number of cyclic esters (lactones) is 1. The fourth-order valence-electron chi connectivity index (χ4n) is 2.22. The van der Waals surface area contributed by atoms with Gasteiger partial charge in [0.1, 0.15) is 0 Å². The lowest BCUT2D eigenvalue weighted by Gasteiger charge is -2.34. The van der Waals surface area contributed by atoms with Crippen LogP contribution in [0.1, 0.15) is 24.0 Å². The molecule has 1 amide bonds. The van der Waals surface area contributed by atoms with Crippen molar-refractivity contribution in [2.45, 2.75) is 32.7 Å². The number of carboxylic acids is 1. The number of ether oxygens (including phenoxy) is 1. The Balaban J connectivity index is 2.32. The molecule has 1 aromatic carbocycles. The number of hydrogen-bond donors (Lipinski definition) is 1. The van der Waals surface area contributed by atoms with E-state index in [4.69, 9.17) is 9.84 Å². The van der Waals surface area contributed by atoms with Crippen molar-refractivity contribution in [1.82, 2.24) is 0 Å². The molecule has 1 N–H and O–H groups in total. The van der Waals surface area contributed by atoms with Crippen molar-refractivity contribution < 1.29 is 19.4 Å². The van der Waals surface area contributed by atoms with Gasteiger partial charge in [-0.1, -0.05) is 6.07 Å². The Hall–Kier alpha value is -2.04. The molecule has 1 heterocycles. The Kier molecular flexibility index (Phi) is 3.74. The number of carboxylic acid groups (broad SMARTS) is 1. The number of benzene rings is 1. The molecule has 0 saturated carbocycles. The topological polar surface area (TPSA) is 66.8 Å². The van der Waals surface area contributed by atoms with E-state index < -0.39 is 12.1 Å². The van der Waals surface area contributed by atoms with Crippen LogP contribution in [0.15, 0.2) is 18.2 Å². The molecule has 1 atom stereocenters. The lowest BCUT2D eigenvalue weighted by Crippen LogP contribution is -2.46. The zero-order chi connectivity index (χ0) is 14.0. The van der Waals surface area contributed by atoms with Gasteiger partial charge in [0.2, 0.25) is 0 Å². The second kappa shape index (κ2) is 5.30. The van der Waals surface area contributed by atoms with E-state index in [9.17, 15) is 9.59 Å². The van der Waals surface area contributed by atoms with Gasteiger partial charge in [0.05, 0.1) is 19.1 Å². The first-order chi connectivity index (χ1) is 8.99. The van der Waals surface area contributed by atoms with Gasteiger partial charge in [-0.3, -0.25) is 9.69 Å². The van der Waals surface area contributed by atoms with E-state index in [1.165, 1.54) is 4.90 Å². The third kappa shape index (κ3) is 2.86. The number of carbonyl (C=O) groups excluding carboxylic acids is 1. The molecule has 1 fully saturated rings. The summed E-state index contributed by atoms with van der Waals surface area (Å²) in [7, 11) is 0. The molecule has 1 aromatic rings. The zero-order valence-electron chi connectivity index (χ0n) is 11.0. The molecule has 0 aromatic heterocycles. The summed E-state index contributed by atoms with van der Waals surface area (Å²) >= 11 is 0. The molecule has 1 saturated heterocycles. The average Bonchev–Trinajstić information content (AvgIpc) is 2.32. The normalized spacial score (nSPS) is 19.2. The van der Waals surface area contributed by atoms with Gasteiger partial charge in [0.15, 0.2) is 0 Å². The first-order valence-corrected chi connectivity index (χ1v) is 6.24. The van der Waals surface area contributed by atoms with Crippen molar-refractivity contribution >= 4 is 17.7 Å². The van der Waals surface area contributed by atoms with Crippen LogP contribution in [-0.2, 0) is 9.53 Å². The van der Waals surface area contributed by atoms with Crippen LogP contribution >= 0.6 is 0 Å². The van der Waals surface area contributed by atoms with Crippen molar-refractivity contribution in [1.29, 1.82) is 0 Å². The van der Waals surface area contributed by atoms with Gasteiger partial charge in [0, 0.05) is 12.1 Å². The summed E-state index contributed by atoms with van der Waals surface area (Å²) in [4.78, 5) is 24.2. The molecule has 0 bridgehead atoms. The van der Waals surface area contributed by atoms with Crippen molar-refractivity contribution in [3.05, 3.63) is 29.3 Å². The van der Waals surface area contributed by atoms with Gasteiger partial charge in [-0.25, -0.2) is 4.79 Å². The molecular formula is C14H17NO4. The van der Waals surface area contributed by atoms with E-state index in [1.54, 1.807) is 0 Å². The monoisotopic (exact) mass is 263 g/mol. The number of nitrogens with zero attached hydrogens (tertiary/aromatic N) is 1. The maximum absolute atomic E-state index is 11.9. The first kappa shape index (κ1) is 13.4. The van der Waals surface area contributed by atoms with Crippen LogP contribution in [0.5, 0.6) is 0 Å². The van der Waals surface area contributed by atoms with Gasteiger partial charge in [-0.15, -0.1) is 0 Å². The highest BCUT2D eigenvalue weighted by molar-refractivity contribution is 5.90. The first-order valence-electron chi connectivity index (χ1n) is 6.24. The molecule has 1 aliphatic heterocycles. The highest BCUT2D eigenvalue weighted by Gasteiger charge is 2.32. The highest BCUT2D eigenvalue weighted by atomic mass is 16.6. The smallest absolute Gasteiger partial charge is 0.414 e. The number of anilines is 1. The fraction of sp³-hybridized carbons (Fsp3) is 0.429. The third-order valence-electron chi connectivity index (χ3n) is 3.42. The molecule has 102 valence electrons. The summed E-state index contributed by atoms with van der Waals surface area (Å²) in [6.45, 7) is 4.22. The van der Waals surface area contributed by atoms with Crippen molar-refractivity contribution in [3.63, 3.8) is 0 Å². The van der Waals surface area contributed by atoms with Gasteiger partial charge < -0.3 is 9.84 Å². The number of amides is 1. The minimum atomic E-state index is -0.909. The molecule has 2 rings (SSSR count). The summed E-state index contributed by atoms with van der Waals surface area (Å²) in [5.74, 6) is -0.909. The number of aliphatic carboxylic acids is 1. The predicted octanol–water partition coefficient (Wildman–Crippen LogP) is 2.49. The molecule has 0 radical (unpaired) electrons. The SMILES string of the molecule is Cc1ccc(N2C(=O)OCCC2CC(=O)O)cc1C. The Morgan fingerprint density at radius 2 is 2.16 bits per heavy atom. The maximum atomic E-state index is 11.9. The quantitative estimate of drug-likeness (QED) is 0.909. The molecule has 1 unspecified atom stereocenters. The highest BCUT2D eigenvalue weighted by Crippen LogP contribution is 2.26. The second-order valence-electron chi connectivity index (χ2n) is 4.79. The van der Waals surface area contributed by atoms with Crippen LogP contribution in [-0.4, -0.2) is 29.8 Å². The maximum Gasteiger partial charge on any atom is 0.414 e. The molecule has 19 heavy (non-hydrogen) atoms. The minimum absolute atomic E-state index is 0.0674. The molecular weight excluding hydrogens is 246 g/mol. The Morgan fingerprint density at radius 1 is 1.42 bits per heavy atom. The van der Waals surface area contributed by atoms with E-state index >= 15 is 0 Å². The van der Waals surface area contributed by atoms with Gasteiger partial charge >= 0.3 is 12.1 Å². The lowest BCUT2D eigenvalue weighted by molar-refractivity contribution is -0.137. The molecule has 0 aliphatic carbocycles. The summed E-state index contributed by atoms with van der Waals surface area (Å²) in [6, 6.07) is 5.28. The van der Waals surface area contributed by atoms with Crippen LogP contribution in [0.2, 0.25) is 0 Å². The third-order valence-corrected chi connectivity index (χ3v) is 3.42. The molecule has 1 aliphatic rings. The molecule has 5 heteroatoms. The Bertz CT molecular complexity index is 512. The fourth-order valence-corrected chi connectivity index (χ4v) is 2.22. The predicted molar refractivity (Wildman–Crippen MR) is 70.4 cm³/mol. The van der Waals surface area contributed by atoms with E-state index in [0.29, 0.717) is 12.1 Å². The van der Waals surface area contributed by atoms with Gasteiger partial charge in [-0.05, 0) is 37.1 Å². The Morgan fingerprint density at radius 3 is 2.79 bits per heavy atom. The van der Waals surface area contributed by atoms with E-state index in [0.717, 1.165) is 11.1 Å². The summed E-state index contributed by atoms with van der Waals surface area (Å²) in [5.41, 5.74) is 2.88. The van der Waals surface area contributed by atoms with Crippen LogP contribution < -0.4 is 4.90 Å². The van der Waals surface area contributed by atoms with Crippen LogP contribution in [0.25, 0.3) is 0 Å². The molecule has 5 nitrogen and oxygen atoms in total. The lowest BCUT2D eigenvalue weighted by atomic mass is 10.0. The number of carbonyl (C=O) groups is 2. The van der Waals surface area contributed by atoms with E-state index in [1.807, 2.05) is 32.0 Å².